The molecule has 2 atom stereocenters. The first-order chi connectivity index (χ1) is 16.8. The summed E-state index contributed by atoms with van der Waals surface area (Å²) in [5.41, 5.74) is 2.60. The van der Waals surface area contributed by atoms with Gasteiger partial charge in [0, 0.05) is 22.6 Å². The fourth-order valence-corrected chi connectivity index (χ4v) is 5.14. The van der Waals surface area contributed by atoms with E-state index < -0.39 is 28.5 Å². The number of halogens is 2. The molecule has 0 radical (unpaired) electrons. The number of nitrogens with one attached hydrogen (secondary N) is 1. The van der Waals surface area contributed by atoms with Crippen LogP contribution in [0.15, 0.2) is 36.4 Å². The number of carbonyl (C=O) groups excluding carboxylic acids is 2. The van der Waals surface area contributed by atoms with Gasteiger partial charge in [0.15, 0.2) is 0 Å². The normalized spacial score (nSPS) is 13.1. The summed E-state index contributed by atoms with van der Waals surface area (Å²) in [5, 5.41) is 3.74. The fourth-order valence-electron chi connectivity index (χ4n) is 3.78. The van der Waals surface area contributed by atoms with E-state index in [2.05, 4.69) is 5.32 Å². The lowest BCUT2D eigenvalue weighted by Gasteiger charge is -2.34. The number of benzene rings is 2. The highest BCUT2D eigenvalue weighted by atomic mass is 35.5. The summed E-state index contributed by atoms with van der Waals surface area (Å²) >= 11 is 12.4. The van der Waals surface area contributed by atoms with Crippen LogP contribution in [0.25, 0.3) is 0 Å². The molecule has 2 aromatic carbocycles. The van der Waals surface area contributed by atoms with Gasteiger partial charge >= 0.3 is 0 Å². The average molecular weight is 557 g/mol. The quantitative estimate of drug-likeness (QED) is 0.418. The van der Waals surface area contributed by atoms with Crippen molar-refractivity contribution in [1.29, 1.82) is 0 Å². The Bertz CT molecular complexity index is 1200. The van der Waals surface area contributed by atoms with E-state index in [1.54, 1.807) is 31.2 Å². The van der Waals surface area contributed by atoms with Crippen molar-refractivity contribution >= 4 is 50.7 Å². The molecule has 0 heterocycles. The number of carbonyl (C=O) groups is 2. The molecule has 0 saturated heterocycles. The third-order valence-corrected chi connectivity index (χ3v) is 7.77. The van der Waals surface area contributed by atoms with Crippen molar-refractivity contribution in [2.24, 2.45) is 0 Å². The first-order valence-electron chi connectivity index (χ1n) is 11.9. The second-order valence-electron chi connectivity index (χ2n) is 9.06. The van der Waals surface area contributed by atoms with Gasteiger partial charge in [-0.05, 0) is 68.5 Å². The van der Waals surface area contributed by atoms with E-state index >= 15 is 0 Å². The molecule has 0 aliphatic heterocycles. The van der Waals surface area contributed by atoms with E-state index in [1.165, 1.54) is 4.90 Å². The maximum Gasteiger partial charge on any atom is 0.244 e. The Morgan fingerprint density at radius 2 is 1.69 bits per heavy atom. The van der Waals surface area contributed by atoms with Crippen molar-refractivity contribution in [2.75, 3.05) is 17.1 Å². The van der Waals surface area contributed by atoms with Gasteiger partial charge in [-0.1, -0.05) is 55.2 Å². The molecule has 2 rings (SSSR count). The Labute approximate surface area is 224 Å². The molecule has 10 heteroatoms. The van der Waals surface area contributed by atoms with Crippen LogP contribution in [0, 0.1) is 13.8 Å². The zero-order valence-corrected chi connectivity index (χ0v) is 24.0. The van der Waals surface area contributed by atoms with Crippen molar-refractivity contribution in [1.82, 2.24) is 10.2 Å². The number of nitrogens with zero attached hydrogens (tertiary/aromatic N) is 2. The van der Waals surface area contributed by atoms with Crippen LogP contribution in [-0.2, 0) is 26.2 Å². The highest BCUT2D eigenvalue weighted by molar-refractivity contribution is 7.92. The lowest BCUT2D eigenvalue weighted by atomic mass is 10.1. The molecule has 7 nitrogen and oxygen atoms in total. The Morgan fingerprint density at radius 1 is 1.03 bits per heavy atom. The van der Waals surface area contributed by atoms with Crippen LogP contribution in [0.5, 0.6) is 0 Å². The van der Waals surface area contributed by atoms with Gasteiger partial charge in [-0.3, -0.25) is 13.9 Å². The van der Waals surface area contributed by atoms with Gasteiger partial charge in [0.05, 0.1) is 11.9 Å². The number of sulfonamides is 1. The van der Waals surface area contributed by atoms with Crippen molar-refractivity contribution < 1.29 is 18.0 Å². The predicted octanol–water partition coefficient (Wildman–Crippen LogP) is 5.10. The molecule has 0 fully saturated rings. The summed E-state index contributed by atoms with van der Waals surface area (Å²) in [4.78, 5) is 28.4. The number of hydrogen-bond acceptors (Lipinski definition) is 4. The Balaban J connectivity index is 2.52. The predicted molar refractivity (Wildman–Crippen MR) is 147 cm³/mol. The molecule has 0 aliphatic rings. The number of rotatable bonds is 11. The van der Waals surface area contributed by atoms with E-state index in [0.29, 0.717) is 33.3 Å². The van der Waals surface area contributed by atoms with E-state index in [9.17, 15) is 18.0 Å². The highest BCUT2D eigenvalue weighted by Crippen LogP contribution is 2.26. The van der Waals surface area contributed by atoms with Gasteiger partial charge in [-0.25, -0.2) is 8.42 Å². The van der Waals surface area contributed by atoms with Gasteiger partial charge in [0.2, 0.25) is 21.8 Å². The third kappa shape index (κ3) is 7.85. The molecule has 0 unspecified atom stereocenters. The molecule has 0 aliphatic carbocycles. The molecule has 1 N–H and O–H groups in total. The molecule has 0 aromatic heterocycles. The smallest absolute Gasteiger partial charge is 0.244 e. The summed E-state index contributed by atoms with van der Waals surface area (Å²) in [5.74, 6) is -0.818. The third-order valence-electron chi connectivity index (χ3n) is 6.06. The van der Waals surface area contributed by atoms with Crippen LogP contribution >= 0.6 is 23.2 Å². The van der Waals surface area contributed by atoms with Gasteiger partial charge in [0.1, 0.15) is 12.6 Å². The number of amides is 2. The van der Waals surface area contributed by atoms with Crippen LogP contribution in [0.4, 0.5) is 5.69 Å². The van der Waals surface area contributed by atoms with Crippen LogP contribution in [0.1, 0.15) is 50.3 Å². The number of hydrogen-bond donors (Lipinski definition) is 1. The van der Waals surface area contributed by atoms with Gasteiger partial charge < -0.3 is 10.2 Å². The lowest BCUT2D eigenvalue weighted by Crippen LogP contribution is -2.53. The van der Waals surface area contributed by atoms with Crippen LogP contribution in [0.2, 0.25) is 10.0 Å². The van der Waals surface area contributed by atoms with Gasteiger partial charge in [-0.2, -0.15) is 0 Å². The zero-order valence-electron chi connectivity index (χ0n) is 21.6. The van der Waals surface area contributed by atoms with E-state index in [-0.39, 0.29) is 18.5 Å². The van der Waals surface area contributed by atoms with Crippen molar-refractivity contribution in [3.63, 3.8) is 0 Å². The van der Waals surface area contributed by atoms with Crippen LogP contribution < -0.4 is 9.62 Å². The molecule has 0 saturated carbocycles. The van der Waals surface area contributed by atoms with Crippen LogP contribution in [-0.4, -0.2) is 50.0 Å². The number of aryl methyl sites for hydroxylation is 2. The Hall–Kier alpha value is -2.29. The minimum atomic E-state index is -3.81. The molecule has 36 heavy (non-hydrogen) atoms. The van der Waals surface area contributed by atoms with Gasteiger partial charge in [-0.15, -0.1) is 0 Å². The van der Waals surface area contributed by atoms with Crippen molar-refractivity contribution in [3.8, 4) is 0 Å². The molecule has 198 valence electrons. The Morgan fingerprint density at radius 3 is 2.25 bits per heavy atom. The maximum absolute atomic E-state index is 13.8. The standard InChI is InChI=1S/C26H35Cl2N3O4S/c1-7-19(5)29-26(33)23(8-2)30(15-20-11-12-21(27)14-22(20)28)25(32)16-31(36(6,34)35)24-13-17(3)9-10-18(24)4/h9-14,19,23H,7-8,15-16H2,1-6H3,(H,29,33)/t19-,23+/m0/s1. The first kappa shape index (κ1) is 29.9. The summed E-state index contributed by atoms with van der Waals surface area (Å²) in [6.07, 6.45) is 2.13. The topological polar surface area (TPSA) is 86.8 Å². The zero-order chi connectivity index (χ0) is 27.2. The largest absolute Gasteiger partial charge is 0.352 e. The lowest BCUT2D eigenvalue weighted by molar-refractivity contribution is -0.140. The Kier molecular flexibility index (Phi) is 10.6. The second kappa shape index (κ2) is 12.8. The molecule has 2 aromatic rings. The minimum Gasteiger partial charge on any atom is -0.352 e. The monoisotopic (exact) mass is 555 g/mol. The van der Waals surface area contributed by atoms with E-state index in [4.69, 9.17) is 23.2 Å². The van der Waals surface area contributed by atoms with E-state index in [1.807, 2.05) is 39.8 Å². The molecular weight excluding hydrogens is 521 g/mol. The summed E-state index contributed by atoms with van der Waals surface area (Å²) in [6, 6.07) is 9.45. The van der Waals surface area contributed by atoms with Crippen LogP contribution in [0.3, 0.4) is 0 Å². The maximum atomic E-state index is 13.8. The summed E-state index contributed by atoms with van der Waals surface area (Å²) in [6.45, 7) is 8.86. The average Bonchev–Trinajstić information content (AvgIpc) is 2.79. The SMILES string of the molecule is CC[C@H](C(=O)N[C@@H](C)CC)N(Cc1ccc(Cl)cc1Cl)C(=O)CN(c1cc(C)ccc1C)S(C)(=O)=O. The van der Waals surface area contributed by atoms with Gasteiger partial charge in [0.25, 0.3) is 0 Å². The van der Waals surface area contributed by atoms with Crippen molar-refractivity contribution in [2.45, 2.75) is 66.1 Å². The first-order valence-corrected chi connectivity index (χ1v) is 14.5. The highest BCUT2D eigenvalue weighted by Gasteiger charge is 2.32. The second-order valence-corrected chi connectivity index (χ2v) is 11.8. The fraction of sp³-hybridized carbons (Fsp3) is 0.462. The molecule has 2 amide bonds. The molecular formula is C26H35Cl2N3O4S. The number of anilines is 1. The summed E-state index contributed by atoms with van der Waals surface area (Å²) < 4.78 is 26.7. The minimum absolute atomic E-state index is 0.0195. The molecule has 0 spiro atoms. The summed E-state index contributed by atoms with van der Waals surface area (Å²) in [7, 11) is -3.81. The van der Waals surface area contributed by atoms with Crippen molar-refractivity contribution in [3.05, 3.63) is 63.1 Å². The molecule has 0 bridgehead atoms. The van der Waals surface area contributed by atoms with E-state index in [0.717, 1.165) is 22.5 Å².